The van der Waals surface area contributed by atoms with Crippen LogP contribution in [0.25, 0.3) is 0 Å². The Morgan fingerprint density at radius 2 is 2.16 bits per heavy atom. The Bertz CT molecular complexity index is 414. The van der Waals surface area contributed by atoms with Crippen molar-refractivity contribution < 1.29 is 0 Å². The Morgan fingerprint density at radius 3 is 2.89 bits per heavy atom. The molecule has 2 atom stereocenters. The van der Waals surface area contributed by atoms with E-state index < -0.39 is 0 Å². The molecule has 0 saturated carbocycles. The molecule has 1 fully saturated rings. The second-order valence-electron chi connectivity index (χ2n) is 6.11. The largest absolute Gasteiger partial charge is 0.311 e. The lowest BCUT2D eigenvalue weighted by molar-refractivity contribution is 0.162. The zero-order valence-electron chi connectivity index (χ0n) is 12.9. The highest BCUT2D eigenvalue weighted by Gasteiger charge is 2.23. The van der Waals surface area contributed by atoms with Crippen molar-refractivity contribution in [2.75, 3.05) is 19.6 Å². The van der Waals surface area contributed by atoms with Crippen LogP contribution in [0.15, 0.2) is 18.2 Å². The molecule has 1 saturated heterocycles. The first-order chi connectivity index (χ1) is 9.10. The van der Waals surface area contributed by atoms with E-state index in [1.807, 2.05) is 0 Å². The smallest absolute Gasteiger partial charge is 0.0237 e. The van der Waals surface area contributed by atoms with Gasteiger partial charge in [0.15, 0.2) is 0 Å². The van der Waals surface area contributed by atoms with Crippen molar-refractivity contribution in [1.82, 2.24) is 10.2 Å². The first-order valence-corrected chi connectivity index (χ1v) is 7.62. The van der Waals surface area contributed by atoms with Gasteiger partial charge in [-0.25, -0.2) is 0 Å². The van der Waals surface area contributed by atoms with Crippen molar-refractivity contribution in [2.24, 2.45) is 5.92 Å². The molecule has 106 valence electrons. The third-order valence-electron chi connectivity index (χ3n) is 4.52. The second kappa shape index (κ2) is 6.53. The van der Waals surface area contributed by atoms with Crippen LogP contribution in [0.4, 0.5) is 0 Å². The second-order valence-corrected chi connectivity index (χ2v) is 6.11. The lowest BCUT2D eigenvalue weighted by Crippen LogP contribution is -2.52. The summed E-state index contributed by atoms with van der Waals surface area (Å²) < 4.78 is 0. The molecule has 0 aromatic heterocycles. The topological polar surface area (TPSA) is 15.3 Å². The van der Waals surface area contributed by atoms with Crippen LogP contribution in [0.1, 0.15) is 37.0 Å². The van der Waals surface area contributed by atoms with E-state index in [4.69, 9.17) is 0 Å². The molecule has 0 aliphatic carbocycles. The molecule has 19 heavy (non-hydrogen) atoms. The SMILES string of the molecule is CCC(C)C1CN(Cc2cc(C)ccc2C)CCN1. The fourth-order valence-corrected chi connectivity index (χ4v) is 2.86. The fraction of sp³-hybridized carbons (Fsp3) is 0.647. The molecule has 1 aromatic carbocycles. The van der Waals surface area contributed by atoms with Crippen molar-refractivity contribution in [3.63, 3.8) is 0 Å². The molecular weight excluding hydrogens is 232 g/mol. The monoisotopic (exact) mass is 260 g/mol. The minimum Gasteiger partial charge on any atom is -0.311 e. The van der Waals surface area contributed by atoms with Crippen molar-refractivity contribution in [3.8, 4) is 0 Å². The number of nitrogens with one attached hydrogen (secondary N) is 1. The summed E-state index contributed by atoms with van der Waals surface area (Å²) in [5, 5.41) is 3.67. The predicted molar refractivity (Wildman–Crippen MR) is 82.4 cm³/mol. The molecule has 0 spiro atoms. The quantitative estimate of drug-likeness (QED) is 0.895. The van der Waals surface area contributed by atoms with Crippen LogP contribution in [-0.4, -0.2) is 30.6 Å². The van der Waals surface area contributed by atoms with Crippen LogP contribution in [0.5, 0.6) is 0 Å². The summed E-state index contributed by atoms with van der Waals surface area (Å²) in [6.07, 6.45) is 1.26. The van der Waals surface area contributed by atoms with E-state index in [1.54, 1.807) is 0 Å². The summed E-state index contributed by atoms with van der Waals surface area (Å²) in [7, 11) is 0. The van der Waals surface area contributed by atoms with Crippen molar-refractivity contribution in [1.29, 1.82) is 0 Å². The molecule has 1 aliphatic heterocycles. The van der Waals surface area contributed by atoms with Crippen molar-refractivity contribution in [2.45, 2.75) is 46.7 Å². The van der Waals surface area contributed by atoms with Gasteiger partial charge in [0.25, 0.3) is 0 Å². The molecule has 1 aliphatic rings. The van der Waals surface area contributed by atoms with Crippen molar-refractivity contribution >= 4 is 0 Å². The van der Waals surface area contributed by atoms with Gasteiger partial charge in [-0.05, 0) is 30.9 Å². The summed E-state index contributed by atoms with van der Waals surface area (Å²) in [6, 6.07) is 7.46. The van der Waals surface area contributed by atoms with E-state index in [2.05, 4.69) is 56.1 Å². The number of hydrogen-bond donors (Lipinski definition) is 1. The van der Waals surface area contributed by atoms with Gasteiger partial charge in [-0.1, -0.05) is 44.0 Å². The van der Waals surface area contributed by atoms with Crippen LogP contribution < -0.4 is 5.32 Å². The van der Waals surface area contributed by atoms with Gasteiger partial charge in [0.2, 0.25) is 0 Å². The van der Waals surface area contributed by atoms with E-state index in [0.29, 0.717) is 6.04 Å². The van der Waals surface area contributed by atoms with Crippen LogP contribution in [0.2, 0.25) is 0 Å². The van der Waals surface area contributed by atoms with Gasteiger partial charge in [-0.15, -0.1) is 0 Å². The van der Waals surface area contributed by atoms with Crippen LogP contribution in [-0.2, 0) is 6.54 Å². The van der Waals surface area contributed by atoms with Gasteiger partial charge in [0.1, 0.15) is 0 Å². The first kappa shape index (κ1) is 14.5. The highest BCUT2D eigenvalue weighted by Crippen LogP contribution is 2.17. The molecule has 0 radical (unpaired) electrons. The minimum absolute atomic E-state index is 0.656. The lowest BCUT2D eigenvalue weighted by atomic mass is 9.96. The van der Waals surface area contributed by atoms with Gasteiger partial charge in [-0.2, -0.15) is 0 Å². The maximum absolute atomic E-state index is 3.67. The van der Waals surface area contributed by atoms with Crippen LogP contribution in [0, 0.1) is 19.8 Å². The summed E-state index contributed by atoms with van der Waals surface area (Å²) in [5.41, 5.74) is 4.28. The average molecular weight is 260 g/mol. The molecule has 2 rings (SSSR count). The highest BCUT2D eigenvalue weighted by molar-refractivity contribution is 5.30. The number of piperazine rings is 1. The van der Waals surface area contributed by atoms with E-state index in [9.17, 15) is 0 Å². The number of nitrogens with zero attached hydrogens (tertiary/aromatic N) is 1. The molecule has 0 amide bonds. The number of rotatable bonds is 4. The van der Waals surface area contributed by atoms with E-state index >= 15 is 0 Å². The lowest BCUT2D eigenvalue weighted by Gasteiger charge is -2.36. The third-order valence-corrected chi connectivity index (χ3v) is 4.52. The van der Waals surface area contributed by atoms with Crippen molar-refractivity contribution in [3.05, 3.63) is 34.9 Å². The minimum atomic E-state index is 0.656. The van der Waals surface area contributed by atoms with Gasteiger partial charge < -0.3 is 5.32 Å². The Hall–Kier alpha value is -0.860. The summed E-state index contributed by atoms with van der Waals surface area (Å²) in [5.74, 6) is 0.765. The molecule has 0 bridgehead atoms. The number of hydrogen-bond acceptors (Lipinski definition) is 2. The van der Waals surface area contributed by atoms with Crippen LogP contribution in [0.3, 0.4) is 0 Å². The zero-order chi connectivity index (χ0) is 13.8. The zero-order valence-corrected chi connectivity index (χ0v) is 12.9. The number of aryl methyl sites for hydroxylation is 2. The van der Waals surface area contributed by atoms with E-state index in [0.717, 1.165) is 19.0 Å². The Labute approximate surface area is 118 Å². The van der Waals surface area contributed by atoms with Gasteiger partial charge >= 0.3 is 0 Å². The van der Waals surface area contributed by atoms with Gasteiger partial charge in [0.05, 0.1) is 0 Å². The summed E-state index contributed by atoms with van der Waals surface area (Å²) in [4.78, 5) is 2.61. The molecule has 2 heteroatoms. The molecule has 2 nitrogen and oxygen atoms in total. The third kappa shape index (κ3) is 3.80. The molecule has 2 unspecified atom stereocenters. The predicted octanol–water partition coefficient (Wildman–Crippen LogP) is 3.12. The maximum atomic E-state index is 3.67. The summed E-state index contributed by atoms with van der Waals surface area (Å²) in [6.45, 7) is 13.6. The van der Waals surface area contributed by atoms with E-state index in [1.165, 1.54) is 36.2 Å². The van der Waals surface area contributed by atoms with Gasteiger partial charge in [-0.3, -0.25) is 4.90 Å². The average Bonchev–Trinajstić information content (AvgIpc) is 2.42. The molecular formula is C17H28N2. The molecule has 1 N–H and O–H groups in total. The number of benzene rings is 1. The molecule has 1 aromatic rings. The van der Waals surface area contributed by atoms with Gasteiger partial charge in [0, 0.05) is 32.2 Å². The summed E-state index contributed by atoms with van der Waals surface area (Å²) >= 11 is 0. The Kier molecular flexibility index (Phi) is 5.00. The standard InChI is InChI=1S/C17H28N2/c1-5-14(3)17-12-19(9-8-18-17)11-16-10-13(2)6-7-15(16)4/h6-7,10,14,17-18H,5,8-9,11-12H2,1-4H3. The maximum Gasteiger partial charge on any atom is 0.0237 e. The highest BCUT2D eigenvalue weighted by atomic mass is 15.2. The van der Waals surface area contributed by atoms with Crippen LogP contribution >= 0.6 is 0 Å². The Morgan fingerprint density at radius 1 is 1.37 bits per heavy atom. The first-order valence-electron chi connectivity index (χ1n) is 7.62. The Balaban J connectivity index is 2.00. The fourth-order valence-electron chi connectivity index (χ4n) is 2.86. The normalized spacial score (nSPS) is 22.4. The van der Waals surface area contributed by atoms with E-state index in [-0.39, 0.29) is 0 Å². The molecule has 1 heterocycles.